The van der Waals surface area contributed by atoms with Gasteiger partial charge in [-0.15, -0.1) is 0 Å². The Labute approximate surface area is 131 Å². The van der Waals surface area contributed by atoms with Gasteiger partial charge in [0.15, 0.2) is 0 Å². The predicted molar refractivity (Wildman–Crippen MR) is 82.5 cm³/mol. The molecule has 6 heteroatoms. The highest BCUT2D eigenvalue weighted by molar-refractivity contribution is 9.10. The Morgan fingerprint density at radius 2 is 2.05 bits per heavy atom. The van der Waals surface area contributed by atoms with Crippen molar-refractivity contribution in [3.8, 4) is 0 Å². The van der Waals surface area contributed by atoms with Gasteiger partial charge in [0.05, 0.1) is 0 Å². The summed E-state index contributed by atoms with van der Waals surface area (Å²) in [5, 5.41) is 0. The van der Waals surface area contributed by atoms with Crippen molar-refractivity contribution in [2.45, 2.75) is 50.9 Å². The zero-order chi connectivity index (χ0) is 15.6. The number of hydrogen-bond donors (Lipinski definition) is 1. The Hall–Kier alpha value is -0.750. The molecule has 0 spiro atoms. The Kier molecular flexibility index (Phi) is 5.20. The molecule has 0 saturated heterocycles. The number of nitrogens with zero attached hydrogens (tertiary/aromatic N) is 1. The van der Waals surface area contributed by atoms with E-state index in [0.717, 1.165) is 29.3 Å². The van der Waals surface area contributed by atoms with Gasteiger partial charge in [-0.1, -0.05) is 22.9 Å². The van der Waals surface area contributed by atoms with Crippen LogP contribution in [-0.4, -0.2) is 24.8 Å². The van der Waals surface area contributed by atoms with Gasteiger partial charge in [0.2, 0.25) is 0 Å². The van der Waals surface area contributed by atoms with E-state index in [1.807, 2.05) is 13.0 Å². The largest absolute Gasteiger partial charge is 0.405 e. The van der Waals surface area contributed by atoms with Crippen LogP contribution in [0, 0.1) is 0 Å². The molecular weight excluding hydrogens is 345 g/mol. The highest BCUT2D eigenvalue weighted by atomic mass is 79.9. The molecule has 2 N–H and O–H groups in total. The van der Waals surface area contributed by atoms with Crippen LogP contribution in [0.25, 0.3) is 0 Å². The number of rotatable bonds is 6. The van der Waals surface area contributed by atoms with Crippen molar-refractivity contribution in [2.75, 3.05) is 11.4 Å². The van der Waals surface area contributed by atoms with Crippen LogP contribution in [0.5, 0.6) is 0 Å². The van der Waals surface area contributed by atoms with Crippen molar-refractivity contribution in [3.63, 3.8) is 0 Å². The Morgan fingerprint density at radius 3 is 2.57 bits per heavy atom. The predicted octanol–water partition coefficient (Wildman–Crippen LogP) is 4.26. The summed E-state index contributed by atoms with van der Waals surface area (Å²) in [6.45, 7) is 1.09. The van der Waals surface area contributed by atoms with Gasteiger partial charge < -0.3 is 10.6 Å². The minimum absolute atomic E-state index is 0.00408. The van der Waals surface area contributed by atoms with Gasteiger partial charge >= 0.3 is 6.18 Å². The number of hydrogen-bond acceptors (Lipinski definition) is 2. The maximum Gasteiger partial charge on any atom is 0.405 e. The van der Waals surface area contributed by atoms with Crippen LogP contribution in [0.15, 0.2) is 22.7 Å². The second-order valence-corrected chi connectivity index (χ2v) is 6.54. The summed E-state index contributed by atoms with van der Waals surface area (Å²) in [5.41, 5.74) is 7.54. The standard InChI is InChI=1S/C15H20BrF3N2/c1-2-12(20)8-10-7-11(16)3-6-14(10)21(13-4-5-13)9-15(17,18)19/h3,6-7,12-13H,2,4-5,8-9,20H2,1H3. The van der Waals surface area contributed by atoms with Crippen LogP contribution < -0.4 is 10.6 Å². The second-order valence-electron chi connectivity index (χ2n) is 5.62. The minimum Gasteiger partial charge on any atom is -0.359 e. The molecule has 1 fully saturated rings. The second kappa shape index (κ2) is 6.57. The van der Waals surface area contributed by atoms with Crippen molar-refractivity contribution in [1.29, 1.82) is 0 Å². The summed E-state index contributed by atoms with van der Waals surface area (Å²) in [7, 11) is 0. The first kappa shape index (κ1) is 16.6. The molecule has 1 aromatic carbocycles. The lowest BCUT2D eigenvalue weighted by Crippen LogP contribution is -2.37. The van der Waals surface area contributed by atoms with Crippen LogP contribution in [0.1, 0.15) is 31.7 Å². The molecule has 0 amide bonds. The van der Waals surface area contributed by atoms with Crippen LogP contribution in [0.2, 0.25) is 0 Å². The summed E-state index contributed by atoms with van der Waals surface area (Å²) in [6, 6.07) is 5.42. The highest BCUT2D eigenvalue weighted by Gasteiger charge is 2.38. The molecule has 2 rings (SSSR count). The lowest BCUT2D eigenvalue weighted by molar-refractivity contribution is -0.120. The number of benzene rings is 1. The van der Waals surface area contributed by atoms with E-state index in [1.54, 1.807) is 12.1 Å². The van der Waals surface area contributed by atoms with E-state index in [0.29, 0.717) is 12.1 Å². The van der Waals surface area contributed by atoms with E-state index >= 15 is 0 Å². The van der Waals surface area contributed by atoms with E-state index < -0.39 is 12.7 Å². The fourth-order valence-electron chi connectivity index (χ4n) is 2.41. The van der Waals surface area contributed by atoms with Gasteiger partial charge in [-0.3, -0.25) is 0 Å². The van der Waals surface area contributed by atoms with Crippen LogP contribution in [0.4, 0.5) is 18.9 Å². The molecule has 1 aliphatic carbocycles. The smallest absolute Gasteiger partial charge is 0.359 e. The molecule has 0 aromatic heterocycles. The maximum atomic E-state index is 12.8. The molecule has 1 aromatic rings. The normalized spacial score (nSPS) is 16.9. The van der Waals surface area contributed by atoms with Gasteiger partial charge in [-0.25, -0.2) is 0 Å². The van der Waals surface area contributed by atoms with Gasteiger partial charge in [0.25, 0.3) is 0 Å². The SMILES string of the molecule is CCC(N)Cc1cc(Br)ccc1N(CC(F)(F)F)C1CC1. The molecule has 1 unspecified atom stereocenters. The van der Waals surface area contributed by atoms with E-state index in [2.05, 4.69) is 15.9 Å². The summed E-state index contributed by atoms with van der Waals surface area (Å²) >= 11 is 3.39. The first-order chi connectivity index (χ1) is 9.80. The third-order valence-electron chi connectivity index (χ3n) is 3.69. The topological polar surface area (TPSA) is 29.3 Å². The Morgan fingerprint density at radius 1 is 1.38 bits per heavy atom. The average molecular weight is 365 g/mol. The molecule has 1 atom stereocenters. The van der Waals surface area contributed by atoms with Crippen molar-refractivity contribution >= 4 is 21.6 Å². The van der Waals surface area contributed by atoms with Crippen molar-refractivity contribution < 1.29 is 13.2 Å². The molecule has 118 valence electrons. The summed E-state index contributed by atoms with van der Waals surface area (Å²) in [5.74, 6) is 0. The van der Waals surface area contributed by atoms with Crippen LogP contribution >= 0.6 is 15.9 Å². The molecule has 1 aliphatic rings. The van der Waals surface area contributed by atoms with E-state index in [9.17, 15) is 13.2 Å². The molecule has 0 heterocycles. The zero-order valence-corrected chi connectivity index (χ0v) is 13.5. The van der Waals surface area contributed by atoms with Crippen LogP contribution in [-0.2, 0) is 6.42 Å². The highest BCUT2D eigenvalue weighted by Crippen LogP contribution is 2.37. The Bertz CT molecular complexity index is 486. The monoisotopic (exact) mass is 364 g/mol. The molecular formula is C15H20BrF3N2. The van der Waals surface area contributed by atoms with Crippen LogP contribution in [0.3, 0.4) is 0 Å². The number of anilines is 1. The quantitative estimate of drug-likeness (QED) is 0.816. The number of nitrogens with two attached hydrogens (primary N) is 1. The van der Waals surface area contributed by atoms with E-state index in [4.69, 9.17) is 5.73 Å². The maximum absolute atomic E-state index is 12.8. The summed E-state index contributed by atoms with van der Waals surface area (Å²) < 4.78 is 39.4. The fraction of sp³-hybridized carbons (Fsp3) is 0.600. The third-order valence-corrected chi connectivity index (χ3v) is 4.19. The summed E-state index contributed by atoms with van der Waals surface area (Å²) in [4.78, 5) is 1.49. The minimum atomic E-state index is -4.19. The van der Waals surface area contributed by atoms with Gasteiger partial charge in [-0.2, -0.15) is 13.2 Å². The van der Waals surface area contributed by atoms with E-state index in [-0.39, 0.29) is 12.1 Å². The molecule has 1 saturated carbocycles. The molecule has 0 radical (unpaired) electrons. The number of alkyl halides is 3. The summed E-state index contributed by atoms with van der Waals surface area (Å²) in [6.07, 6.45) is -1.16. The lowest BCUT2D eigenvalue weighted by atomic mass is 10.0. The van der Waals surface area contributed by atoms with Crippen molar-refractivity contribution in [3.05, 3.63) is 28.2 Å². The van der Waals surface area contributed by atoms with Gasteiger partial charge in [0, 0.05) is 22.2 Å². The first-order valence-electron chi connectivity index (χ1n) is 7.17. The fourth-order valence-corrected chi connectivity index (χ4v) is 2.82. The molecule has 21 heavy (non-hydrogen) atoms. The Balaban J connectivity index is 2.30. The van der Waals surface area contributed by atoms with E-state index in [1.165, 1.54) is 4.90 Å². The van der Waals surface area contributed by atoms with Crippen molar-refractivity contribution in [2.24, 2.45) is 5.73 Å². The van der Waals surface area contributed by atoms with Crippen molar-refractivity contribution in [1.82, 2.24) is 0 Å². The third kappa shape index (κ3) is 4.88. The van der Waals surface area contributed by atoms with Gasteiger partial charge in [0.1, 0.15) is 6.54 Å². The zero-order valence-electron chi connectivity index (χ0n) is 12.0. The lowest BCUT2D eigenvalue weighted by Gasteiger charge is -2.29. The molecule has 2 nitrogen and oxygen atoms in total. The first-order valence-corrected chi connectivity index (χ1v) is 7.97. The molecule has 0 bridgehead atoms. The number of halogens is 4. The van der Waals surface area contributed by atoms with Gasteiger partial charge in [-0.05, 0) is 49.4 Å². The molecule has 0 aliphatic heterocycles. The average Bonchev–Trinajstić information content (AvgIpc) is 3.19.